The zero-order valence-corrected chi connectivity index (χ0v) is 25.1. The first-order valence-corrected chi connectivity index (χ1v) is 15.7. The summed E-state index contributed by atoms with van der Waals surface area (Å²) in [6, 6.07) is 5.18. The van der Waals surface area contributed by atoms with Crippen LogP contribution in [0.15, 0.2) is 29.3 Å². The summed E-state index contributed by atoms with van der Waals surface area (Å²) in [7, 11) is 0. The second kappa shape index (κ2) is 17.7. The molecule has 0 radical (unpaired) electrons. The van der Waals surface area contributed by atoms with E-state index in [2.05, 4.69) is 17.2 Å². The maximum atomic E-state index is 13.7. The number of esters is 1. The Morgan fingerprint density at radius 1 is 1.02 bits per heavy atom. The van der Waals surface area contributed by atoms with E-state index in [1.165, 1.54) is 37.1 Å². The average Bonchev–Trinajstić information content (AvgIpc) is 3.12. The molecule has 2 saturated heterocycles. The fourth-order valence-electron chi connectivity index (χ4n) is 5.77. The number of aliphatic imine (C=N–C) groups is 1. The van der Waals surface area contributed by atoms with Crippen molar-refractivity contribution in [2.24, 2.45) is 16.5 Å². The van der Waals surface area contributed by atoms with Crippen molar-refractivity contribution < 1.29 is 24.2 Å². The molecule has 3 rings (SSSR count). The second-order valence-electron chi connectivity index (χ2n) is 11.4. The summed E-state index contributed by atoms with van der Waals surface area (Å²) in [5.74, 6) is -1.68. The van der Waals surface area contributed by atoms with Gasteiger partial charge in [-0.2, -0.15) is 0 Å². The largest absolute Gasteiger partial charge is 0.480 e. The maximum absolute atomic E-state index is 13.7. The van der Waals surface area contributed by atoms with Crippen LogP contribution in [0.4, 0.5) is 5.69 Å². The van der Waals surface area contributed by atoms with Gasteiger partial charge in [-0.05, 0) is 62.6 Å². The molecule has 2 fully saturated rings. The number of benzene rings is 1. The number of ether oxygens (including phenoxy) is 1. The third-order valence-corrected chi connectivity index (χ3v) is 8.06. The number of aryl methyl sites for hydroxylation is 1. The first-order valence-electron chi connectivity index (χ1n) is 15.7. The molecule has 0 spiro atoms. The zero-order chi connectivity index (χ0) is 30.3. The Hall–Kier alpha value is -3.18. The number of fused-ring (bicyclic) bond motifs is 1. The molecule has 0 saturated carbocycles. The first kappa shape index (κ1) is 33.3. The molecular weight excluding hydrogens is 536 g/mol. The molecule has 234 valence electrons. The highest BCUT2D eigenvalue weighted by Gasteiger charge is 2.42. The number of carbonyl (C=O) groups excluding carboxylic acids is 2. The van der Waals surface area contributed by atoms with Gasteiger partial charge in [0.15, 0.2) is 5.96 Å². The number of aliphatic carboxylic acids is 1. The van der Waals surface area contributed by atoms with Crippen molar-refractivity contribution in [3.05, 3.63) is 29.8 Å². The summed E-state index contributed by atoms with van der Waals surface area (Å²) in [4.78, 5) is 43.0. The highest BCUT2D eigenvalue weighted by atomic mass is 16.5. The van der Waals surface area contributed by atoms with Crippen molar-refractivity contribution in [2.45, 2.75) is 115 Å². The number of carboxylic acid groups (broad SMARTS) is 1. The van der Waals surface area contributed by atoms with E-state index >= 15 is 0 Å². The molecule has 11 nitrogen and oxygen atoms in total. The van der Waals surface area contributed by atoms with Crippen LogP contribution in [-0.2, 0) is 25.5 Å². The van der Waals surface area contributed by atoms with E-state index in [-0.39, 0.29) is 17.8 Å². The molecule has 0 unspecified atom stereocenters. The van der Waals surface area contributed by atoms with E-state index in [1.54, 1.807) is 0 Å². The summed E-state index contributed by atoms with van der Waals surface area (Å²) >= 11 is 0. The maximum Gasteiger partial charge on any atom is 0.328 e. The van der Waals surface area contributed by atoms with Crippen molar-refractivity contribution in [2.75, 3.05) is 19.7 Å². The molecular formula is C31H50N6O5. The zero-order valence-electron chi connectivity index (χ0n) is 25.1. The van der Waals surface area contributed by atoms with Gasteiger partial charge in [0, 0.05) is 13.1 Å². The average molecular weight is 587 g/mol. The Bertz CT molecular complexity index is 1030. The molecule has 42 heavy (non-hydrogen) atoms. The van der Waals surface area contributed by atoms with Crippen LogP contribution in [0.2, 0.25) is 0 Å². The fraction of sp³-hybridized carbons (Fsp3) is 0.677. The van der Waals surface area contributed by atoms with Gasteiger partial charge in [-0.25, -0.2) is 14.8 Å². The number of hydrazine groups is 1. The number of nitrogens with zero attached hydrogens (tertiary/aromatic N) is 3. The molecule has 2 aliphatic rings. The molecule has 6 N–H and O–H groups in total. The fourth-order valence-corrected chi connectivity index (χ4v) is 5.77. The van der Waals surface area contributed by atoms with Crippen LogP contribution in [0.3, 0.4) is 0 Å². The molecule has 1 aromatic carbocycles. The molecule has 0 bridgehead atoms. The van der Waals surface area contributed by atoms with Gasteiger partial charge in [0.2, 0.25) is 0 Å². The van der Waals surface area contributed by atoms with Crippen molar-refractivity contribution >= 4 is 29.5 Å². The lowest BCUT2D eigenvalue weighted by atomic mass is 10.0. The third kappa shape index (κ3) is 10.6. The summed E-state index contributed by atoms with van der Waals surface area (Å²) in [5, 5.41) is 16.4. The first-order chi connectivity index (χ1) is 20.3. The van der Waals surface area contributed by atoms with Crippen molar-refractivity contribution in [3.63, 3.8) is 0 Å². The second-order valence-corrected chi connectivity index (χ2v) is 11.4. The number of hydrogen-bond donors (Lipinski definition) is 4. The third-order valence-electron chi connectivity index (χ3n) is 8.06. The van der Waals surface area contributed by atoms with E-state index in [1.807, 2.05) is 29.3 Å². The molecule has 2 aliphatic heterocycles. The smallest absolute Gasteiger partial charge is 0.328 e. The van der Waals surface area contributed by atoms with E-state index in [9.17, 15) is 19.5 Å². The molecule has 1 aromatic rings. The minimum Gasteiger partial charge on any atom is -0.480 e. The van der Waals surface area contributed by atoms with Gasteiger partial charge in [-0.15, -0.1) is 0 Å². The number of unbranched alkanes of at least 4 members (excludes halogenated alkanes) is 7. The SMILES string of the molecule is CCCCCCCCCCOC(=O)[C@H](CCc1ccc(N=C(N)N)cc1)N[C@H]1CCCN2CCC[C@@H](C(=O)O)N2C1=O. The van der Waals surface area contributed by atoms with Crippen molar-refractivity contribution in [3.8, 4) is 0 Å². The van der Waals surface area contributed by atoms with Gasteiger partial charge in [-0.1, -0.05) is 64.0 Å². The molecule has 0 aliphatic carbocycles. The van der Waals surface area contributed by atoms with Gasteiger partial charge < -0.3 is 21.3 Å². The predicted octanol–water partition coefficient (Wildman–Crippen LogP) is 3.62. The lowest BCUT2D eigenvalue weighted by Crippen LogP contribution is -2.61. The highest BCUT2D eigenvalue weighted by Crippen LogP contribution is 2.25. The monoisotopic (exact) mass is 586 g/mol. The molecule has 1 amide bonds. The summed E-state index contributed by atoms with van der Waals surface area (Å²) < 4.78 is 5.70. The Morgan fingerprint density at radius 3 is 2.31 bits per heavy atom. The Labute approximate surface area is 250 Å². The summed E-state index contributed by atoms with van der Waals surface area (Å²) in [6.07, 6.45) is 12.6. The van der Waals surface area contributed by atoms with Crippen LogP contribution in [-0.4, -0.2) is 76.8 Å². The predicted molar refractivity (Wildman–Crippen MR) is 163 cm³/mol. The van der Waals surface area contributed by atoms with Crippen LogP contribution in [0.5, 0.6) is 0 Å². The molecule has 3 atom stereocenters. The number of rotatable bonds is 17. The van der Waals surface area contributed by atoms with Crippen molar-refractivity contribution in [1.82, 2.24) is 15.3 Å². The highest BCUT2D eigenvalue weighted by molar-refractivity contribution is 5.88. The van der Waals surface area contributed by atoms with Crippen LogP contribution < -0.4 is 16.8 Å². The number of guanidine groups is 1. The van der Waals surface area contributed by atoms with E-state index in [0.717, 1.165) is 37.7 Å². The van der Waals surface area contributed by atoms with E-state index in [4.69, 9.17) is 16.2 Å². The molecule has 2 heterocycles. The van der Waals surface area contributed by atoms with Crippen LogP contribution >= 0.6 is 0 Å². The molecule has 11 heteroatoms. The summed E-state index contributed by atoms with van der Waals surface area (Å²) in [6.45, 7) is 3.83. The number of nitrogens with one attached hydrogen (secondary N) is 1. The lowest BCUT2D eigenvalue weighted by Gasteiger charge is -2.42. The molecule has 0 aromatic heterocycles. The van der Waals surface area contributed by atoms with Crippen LogP contribution in [0.25, 0.3) is 0 Å². The number of carboxylic acids is 1. The quantitative estimate of drug-likeness (QED) is 0.0924. The van der Waals surface area contributed by atoms with Gasteiger partial charge >= 0.3 is 11.9 Å². The Morgan fingerprint density at radius 2 is 1.67 bits per heavy atom. The topological polar surface area (TPSA) is 164 Å². The van der Waals surface area contributed by atoms with Gasteiger partial charge in [-0.3, -0.25) is 19.9 Å². The number of carbonyl (C=O) groups is 3. The standard InChI is InChI=1S/C31H50N6O5/c1-2-3-4-5-6-7-8-9-22-42-30(41)26(19-16-23-14-17-24(18-15-23)34-31(32)33)35-25-12-10-20-36-21-11-13-27(29(39)40)37(36)28(25)38/h14-15,17-18,25-27,35H,2-13,16,19-22H2,1H3,(H,39,40)(H4,32,33,34)/t25-,26-,27-/m0/s1. The summed E-state index contributed by atoms with van der Waals surface area (Å²) in [5.41, 5.74) is 12.6. The van der Waals surface area contributed by atoms with Gasteiger partial charge in [0.05, 0.1) is 18.3 Å². The lowest BCUT2D eigenvalue weighted by molar-refractivity contribution is -0.174. The van der Waals surface area contributed by atoms with Crippen molar-refractivity contribution in [1.29, 1.82) is 0 Å². The minimum atomic E-state index is -1.00. The number of hydrogen-bond acceptors (Lipinski definition) is 7. The van der Waals surface area contributed by atoms with Gasteiger partial charge in [0.25, 0.3) is 5.91 Å². The number of amides is 1. The number of nitrogens with two attached hydrogens (primary N) is 2. The normalized spacial score (nSPS) is 19.9. The van der Waals surface area contributed by atoms with Crippen LogP contribution in [0.1, 0.15) is 96.0 Å². The minimum absolute atomic E-state index is 0.0169. The van der Waals surface area contributed by atoms with E-state index < -0.39 is 24.1 Å². The Kier molecular flexibility index (Phi) is 14.0. The van der Waals surface area contributed by atoms with E-state index in [0.29, 0.717) is 51.1 Å². The van der Waals surface area contributed by atoms with Crippen LogP contribution in [0, 0.1) is 0 Å². The Balaban J connectivity index is 1.63. The van der Waals surface area contributed by atoms with Gasteiger partial charge in [0.1, 0.15) is 12.1 Å².